The van der Waals surface area contributed by atoms with E-state index < -0.39 is 35.1 Å². The Kier molecular flexibility index (Phi) is 5.16. The number of halogens is 4. The van der Waals surface area contributed by atoms with Crippen LogP contribution < -0.4 is 10.6 Å². The van der Waals surface area contributed by atoms with Crippen LogP contribution in [0.15, 0.2) is 65.5 Å². The minimum Gasteiger partial charge on any atom is -0.472 e. The average Bonchev–Trinajstić information content (AvgIpc) is 3.17. The summed E-state index contributed by atoms with van der Waals surface area (Å²) in [4.78, 5) is 24.1. The second kappa shape index (κ2) is 7.55. The maximum absolute atomic E-state index is 13.4. The zero-order valence-electron chi connectivity index (χ0n) is 14.0. The molecular weight excluding hydrogens is 380 g/mol. The second-order valence-corrected chi connectivity index (χ2v) is 5.69. The van der Waals surface area contributed by atoms with E-state index in [0.717, 1.165) is 24.5 Å². The van der Waals surface area contributed by atoms with Crippen LogP contribution >= 0.6 is 0 Å². The number of carbonyl (C=O) groups is 2. The number of alkyl halides is 3. The molecule has 2 N–H and O–H groups in total. The molecule has 2 amide bonds. The van der Waals surface area contributed by atoms with Gasteiger partial charge in [0.25, 0.3) is 11.8 Å². The minimum absolute atomic E-state index is 0.123. The van der Waals surface area contributed by atoms with Crippen molar-refractivity contribution in [3.63, 3.8) is 0 Å². The highest BCUT2D eigenvalue weighted by molar-refractivity contribution is 6.06. The maximum Gasteiger partial charge on any atom is 0.418 e. The van der Waals surface area contributed by atoms with Crippen molar-refractivity contribution in [3.05, 3.63) is 83.6 Å². The molecular formula is C19H12F4N2O3. The number of hydrogen-bond acceptors (Lipinski definition) is 3. The summed E-state index contributed by atoms with van der Waals surface area (Å²) >= 11 is 0. The zero-order valence-corrected chi connectivity index (χ0v) is 14.0. The van der Waals surface area contributed by atoms with Crippen molar-refractivity contribution in [3.8, 4) is 0 Å². The molecule has 3 rings (SSSR count). The highest BCUT2D eigenvalue weighted by Crippen LogP contribution is 2.37. The van der Waals surface area contributed by atoms with Gasteiger partial charge in [0, 0.05) is 11.3 Å². The van der Waals surface area contributed by atoms with Crippen molar-refractivity contribution >= 4 is 23.2 Å². The van der Waals surface area contributed by atoms with E-state index in [4.69, 9.17) is 4.42 Å². The number of hydrogen-bond donors (Lipinski definition) is 2. The van der Waals surface area contributed by atoms with Crippen molar-refractivity contribution in [1.82, 2.24) is 0 Å². The number of rotatable bonds is 4. The SMILES string of the molecule is O=C(Nc1ccc(NC(=O)c2cccc(F)c2)c(C(F)(F)F)c1)c1ccoc1. The fourth-order valence-electron chi connectivity index (χ4n) is 2.39. The molecule has 0 radical (unpaired) electrons. The van der Waals surface area contributed by atoms with Crippen LogP contribution in [-0.2, 0) is 6.18 Å². The van der Waals surface area contributed by atoms with Crippen molar-refractivity contribution in [2.24, 2.45) is 0 Å². The summed E-state index contributed by atoms with van der Waals surface area (Å²) in [6.45, 7) is 0. The third-order valence-corrected chi connectivity index (χ3v) is 3.70. The fraction of sp³-hybridized carbons (Fsp3) is 0.0526. The van der Waals surface area contributed by atoms with Crippen LogP contribution in [0.3, 0.4) is 0 Å². The van der Waals surface area contributed by atoms with Gasteiger partial charge in [0.1, 0.15) is 12.1 Å². The molecule has 144 valence electrons. The van der Waals surface area contributed by atoms with E-state index in [9.17, 15) is 27.2 Å². The van der Waals surface area contributed by atoms with Gasteiger partial charge in [-0.2, -0.15) is 13.2 Å². The van der Waals surface area contributed by atoms with Gasteiger partial charge in [-0.3, -0.25) is 9.59 Å². The fourth-order valence-corrected chi connectivity index (χ4v) is 2.39. The molecule has 28 heavy (non-hydrogen) atoms. The Labute approximate surface area is 156 Å². The van der Waals surface area contributed by atoms with E-state index in [0.29, 0.717) is 6.07 Å². The maximum atomic E-state index is 13.4. The zero-order chi connectivity index (χ0) is 20.3. The topological polar surface area (TPSA) is 71.3 Å². The van der Waals surface area contributed by atoms with Gasteiger partial charge < -0.3 is 15.1 Å². The van der Waals surface area contributed by atoms with Crippen molar-refractivity contribution in [2.45, 2.75) is 6.18 Å². The van der Waals surface area contributed by atoms with Crippen molar-refractivity contribution in [2.75, 3.05) is 10.6 Å². The van der Waals surface area contributed by atoms with E-state index in [1.807, 2.05) is 0 Å². The molecule has 5 nitrogen and oxygen atoms in total. The Bertz CT molecular complexity index is 1010. The van der Waals surface area contributed by atoms with E-state index >= 15 is 0 Å². The largest absolute Gasteiger partial charge is 0.472 e. The van der Waals surface area contributed by atoms with Crippen molar-refractivity contribution in [1.29, 1.82) is 0 Å². The lowest BCUT2D eigenvalue weighted by atomic mass is 10.1. The lowest BCUT2D eigenvalue weighted by Gasteiger charge is -2.16. The number of anilines is 2. The number of carbonyl (C=O) groups excluding carboxylic acids is 2. The van der Waals surface area contributed by atoms with Crippen LogP contribution in [0.2, 0.25) is 0 Å². The summed E-state index contributed by atoms with van der Waals surface area (Å²) in [5, 5.41) is 4.43. The van der Waals surface area contributed by atoms with Crippen LogP contribution in [0, 0.1) is 5.82 Å². The van der Waals surface area contributed by atoms with Gasteiger partial charge in [-0.15, -0.1) is 0 Å². The first-order valence-electron chi connectivity index (χ1n) is 7.86. The highest BCUT2D eigenvalue weighted by atomic mass is 19.4. The summed E-state index contributed by atoms with van der Waals surface area (Å²) in [6.07, 6.45) is -2.41. The van der Waals surface area contributed by atoms with Crippen LogP contribution in [0.5, 0.6) is 0 Å². The third kappa shape index (κ3) is 4.37. The number of benzene rings is 2. The number of nitrogens with one attached hydrogen (secondary N) is 2. The molecule has 0 aliphatic heterocycles. The van der Waals surface area contributed by atoms with Gasteiger partial charge in [0.15, 0.2) is 0 Å². The lowest BCUT2D eigenvalue weighted by Crippen LogP contribution is -2.18. The summed E-state index contributed by atoms with van der Waals surface area (Å²) in [5.74, 6) is -2.25. The third-order valence-electron chi connectivity index (χ3n) is 3.70. The van der Waals surface area contributed by atoms with Gasteiger partial charge in [-0.1, -0.05) is 6.07 Å². The molecule has 0 atom stereocenters. The second-order valence-electron chi connectivity index (χ2n) is 5.69. The van der Waals surface area contributed by atoms with Gasteiger partial charge in [0.2, 0.25) is 0 Å². The lowest BCUT2D eigenvalue weighted by molar-refractivity contribution is -0.136. The summed E-state index contributed by atoms with van der Waals surface area (Å²) in [7, 11) is 0. The van der Waals surface area contributed by atoms with Gasteiger partial charge in [0.05, 0.1) is 23.1 Å². The molecule has 0 bridgehead atoms. The molecule has 0 unspecified atom stereocenters. The highest BCUT2D eigenvalue weighted by Gasteiger charge is 2.34. The van der Waals surface area contributed by atoms with Crippen molar-refractivity contribution < 1.29 is 31.6 Å². The monoisotopic (exact) mass is 392 g/mol. The molecule has 1 heterocycles. The molecule has 0 saturated carbocycles. The molecule has 1 aromatic heterocycles. The number of furan rings is 1. The van der Waals surface area contributed by atoms with E-state index in [-0.39, 0.29) is 16.8 Å². The van der Waals surface area contributed by atoms with E-state index in [2.05, 4.69) is 10.6 Å². The molecule has 2 aromatic carbocycles. The van der Waals surface area contributed by atoms with Gasteiger partial charge in [-0.05, 0) is 42.5 Å². The normalized spacial score (nSPS) is 11.1. The average molecular weight is 392 g/mol. The van der Waals surface area contributed by atoms with Gasteiger partial charge in [-0.25, -0.2) is 4.39 Å². The Morgan fingerprint density at radius 3 is 2.29 bits per heavy atom. The summed E-state index contributed by atoms with van der Waals surface area (Å²) in [5.41, 5.74) is -1.81. The van der Waals surface area contributed by atoms with Crippen LogP contribution in [-0.4, -0.2) is 11.8 Å². The molecule has 0 aliphatic carbocycles. The van der Waals surface area contributed by atoms with Crippen LogP contribution in [0.1, 0.15) is 26.3 Å². The van der Waals surface area contributed by atoms with Gasteiger partial charge >= 0.3 is 6.18 Å². The quantitative estimate of drug-likeness (QED) is 0.618. The van der Waals surface area contributed by atoms with E-state index in [1.165, 1.54) is 30.5 Å². The molecule has 0 spiro atoms. The predicted molar refractivity (Wildman–Crippen MR) is 92.5 cm³/mol. The smallest absolute Gasteiger partial charge is 0.418 e. The Balaban J connectivity index is 1.87. The standard InChI is InChI=1S/C19H12F4N2O3/c20-13-3-1-2-11(8-13)17(26)25-16-5-4-14(9-15(16)19(21,22)23)24-18(27)12-6-7-28-10-12/h1-10H,(H,24,27)(H,25,26). The molecule has 9 heteroatoms. The minimum atomic E-state index is -4.80. The van der Waals surface area contributed by atoms with Crippen LogP contribution in [0.4, 0.5) is 28.9 Å². The first-order chi connectivity index (χ1) is 13.2. The molecule has 0 saturated heterocycles. The predicted octanol–water partition coefficient (Wildman–Crippen LogP) is 4.94. The Morgan fingerprint density at radius 1 is 0.893 bits per heavy atom. The molecule has 0 fully saturated rings. The van der Waals surface area contributed by atoms with Crippen LogP contribution in [0.25, 0.3) is 0 Å². The molecule has 0 aliphatic rings. The summed E-state index contributed by atoms with van der Waals surface area (Å²) < 4.78 is 58.2. The summed E-state index contributed by atoms with van der Waals surface area (Å²) in [6, 6.07) is 8.80. The van der Waals surface area contributed by atoms with E-state index in [1.54, 1.807) is 0 Å². The first kappa shape index (κ1) is 19.2. The Morgan fingerprint density at radius 2 is 1.64 bits per heavy atom. The molecule has 3 aromatic rings. The first-order valence-corrected chi connectivity index (χ1v) is 7.86. The Hall–Kier alpha value is -3.62. The number of amides is 2.